The normalized spacial score (nSPS) is 10.6. The SMILES string of the molecule is Cc1ccc(-c2ccc(CN)o2)cc1C. The highest BCUT2D eigenvalue weighted by Crippen LogP contribution is 2.24. The number of hydrogen-bond donors (Lipinski definition) is 1. The van der Waals surface area contributed by atoms with Crippen molar-refractivity contribution in [1.29, 1.82) is 0 Å². The standard InChI is InChI=1S/C13H15NO/c1-9-3-4-11(7-10(9)2)13-6-5-12(8-14)15-13/h3-7H,8,14H2,1-2H3. The van der Waals surface area contributed by atoms with Crippen molar-refractivity contribution in [2.45, 2.75) is 20.4 Å². The molecule has 2 rings (SSSR count). The number of furan rings is 1. The molecule has 0 fully saturated rings. The summed E-state index contributed by atoms with van der Waals surface area (Å²) >= 11 is 0. The number of hydrogen-bond acceptors (Lipinski definition) is 2. The van der Waals surface area contributed by atoms with Gasteiger partial charge in [0.2, 0.25) is 0 Å². The summed E-state index contributed by atoms with van der Waals surface area (Å²) in [7, 11) is 0. The van der Waals surface area contributed by atoms with Gasteiger partial charge in [-0.2, -0.15) is 0 Å². The largest absolute Gasteiger partial charge is 0.460 e. The van der Waals surface area contributed by atoms with Gasteiger partial charge in [-0.3, -0.25) is 0 Å². The van der Waals surface area contributed by atoms with E-state index in [2.05, 4.69) is 32.0 Å². The number of rotatable bonds is 2. The molecule has 15 heavy (non-hydrogen) atoms. The van der Waals surface area contributed by atoms with E-state index in [4.69, 9.17) is 10.2 Å². The molecule has 0 aliphatic heterocycles. The molecule has 78 valence electrons. The lowest BCUT2D eigenvalue weighted by atomic mass is 10.1. The van der Waals surface area contributed by atoms with E-state index in [0.29, 0.717) is 6.54 Å². The lowest BCUT2D eigenvalue weighted by Crippen LogP contribution is -1.92. The van der Waals surface area contributed by atoms with Crippen molar-refractivity contribution in [2.75, 3.05) is 0 Å². The first-order valence-electron chi connectivity index (χ1n) is 5.07. The van der Waals surface area contributed by atoms with E-state index >= 15 is 0 Å². The minimum Gasteiger partial charge on any atom is -0.460 e. The molecular formula is C13H15NO. The third-order valence-corrected chi connectivity index (χ3v) is 2.65. The zero-order valence-corrected chi connectivity index (χ0v) is 9.08. The van der Waals surface area contributed by atoms with E-state index in [-0.39, 0.29) is 0 Å². The van der Waals surface area contributed by atoms with Crippen LogP contribution in [0.25, 0.3) is 11.3 Å². The molecular weight excluding hydrogens is 186 g/mol. The van der Waals surface area contributed by atoms with Crippen LogP contribution in [-0.2, 0) is 6.54 Å². The number of nitrogens with two attached hydrogens (primary N) is 1. The highest BCUT2D eigenvalue weighted by molar-refractivity contribution is 5.59. The van der Waals surface area contributed by atoms with Crippen molar-refractivity contribution in [3.63, 3.8) is 0 Å². The van der Waals surface area contributed by atoms with Crippen LogP contribution in [-0.4, -0.2) is 0 Å². The Balaban J connectivity index is 2.40. The first-order valence-corrected chi connectivity index (χ1v) is 5.07. The smallest absolute Gasteiger partial charge is 0.134 e. The third-order valence-electron chi connectivity index (χ3n) is 2.65. The highest BCUT2D eigenvalue weighted by Gasteiger charge is 2.04. The maximum absolute atomic E-state index is 5.59. The summed E-state index contributed by atoms with van der Waals surface area (Å²) in [4.78, 5) is 0. The molecule has 1 aromatic carbocycles. The monoisotopic (exact) mass is 201 g/mol. The van der Waals surface area contributed by atoms with Gasteiger partial charge in [0.25, 0.3) is 0 Å². The van der Waals surface area contributed by atoms with E-state index in [1.165, 1.54) is 11.1 Å². The topological polar surface area (TPSA) is 39.2 Å². The van der Waals surface area contributed by atoms with Gasteiger partial charge < -0.3 is 10.2 Å². The van der Waals surface area contributed by atoms with Crippen molar-refractivity contribution < 1.29 is 4.42 Å². The molecule has 1 heterocycles. The summed E-state index contributed by atoms with van der Waals surface area (Å²) in [5.74, 6) is 1.71. The van der Waals surface area contributed by atoms with Crippen molar-refractivity contribution >= 4 is 0 Å². The van der Waals surface area contributed by atoms with Crippen molar-refractivity contribution in [1.82, 2.24) is 0 Å². The Labute approximate surface area is 89.7 Å². The van der Waals surface area contributed by atoms with E-state index < -0.39 is 0 Å². The number of benzene rings is 1. The molecule has 0 aliphatic rings. The van der Waals surface area contributed by atoms with E-state index in [1.807, 2.05) is 12.1 Å². The fraction of sp³-hybridized carbons (Fsp3) is 0.231. The average molecular weight is 201 g/mol. The van der Waals surface area contributed by atoms with Crippen LogP contribution in [0.4, 0.5) is 0 Å². The first-order chi connectivity index (χ1) is 7.20. The second-order valence-corrected chi connectivity index (χ2v) is 3.77. The fourth-order valence-corrected chi connectivity index (χ4v) is 1.54. The highest BCUT2D eigenvalue weighted by atomic mass is 16.3. The molecule has 1 aromatic heterocycles. The minimum atomic E-state index is 0.449. The maximum Gasteiger partial charge on any atom is 0.134 e. The summed E-state index contributed by atoms with van der Waals surface area (Å²) < 4.78 is 5.59. The Morgan fingerprint density at radius 3 is 2.47 bits per heavy atom. The minimum absolute atomic E-state index is 0.449. The lowest BCUT2D eigenvalue weighted by Gasteiger charge is -2.02. The van der Waals surface area contributed by atoms with Gasteiger partial charge in [-0.15, -0.1) is 0 Å². The Kier molecular flexibility index (Phi) is 2.60. The van der Waals surface area contributed by atoms with Gasteiger partial charge in [-0.05, 0) is 43.2 Å². The quantitative estimate of drug-likeness (QED) is 0.811. The van der Waals surface area contributed by atoms with Gasteiger partial charge in [0.05, 0.1) is 6.54 Å². The summed E-state index contributed by atoms with van der Waals surface area (Å²) in [6.07, 6.45) is 0. The van der Waals surface area contributed by atoms with E-state index in [9.17, 15) is 0 Å². The Bertz CT molecular complexity index is 471. The van der Waals surface area contributed by atoms with Gasteiger partial charge >= 0.3 is 0 Å². The summed E-state index contributed by atoms with van der Waals surface area (Å²) in [5.41, 5.74) is 9.18. The second-order valence-electron chi connectivity index (χ2n) is 3.77. The average Bonchev–Trinajstić information content (AvgIpc) is 2.70. The molecule has 0 unspecified atom stereocenters. The van der Waals surface area contributed by atoms with Crippen LogP contribution in [0.15, 0.2) is 34.7 Å². The van der Waals surface area contributed by atoms with Gasteiger partial charge in [-0.1, -0.05) is 12.1 Å². The predicted octanol–water partition coefficient (Wildman–Crippen LogP) is 3.02. The molecule has 0 atom stereocenters. The summed E-state index contributed by atoms with van der Waals surface area (Å²) in [6, 6.07) is 10.2. The van der Waals surface area contributed by atoms with Crippen molar-refractivity contribution in [2.24, 2.45) is 5.73 Å². The Hall–Kier alpha value is -1.54. The number of aryl methyl sites for hydroxylation is 2. The molecule has 2 aromatic rings. The van der Waals surface area contributed by atoms with Crippen LogP contribution >= 0.6 is 0 Å². The van der Waals surface area contributed by atoms with Crippen molar-refractivity contribution in [3.05, 3.63) is 47.2 Å². The van der Waals surface area contributed by atoms with Crippen LogP contribution in [0.5, 0.6) is 0 Å². The zero-order valence-electron chi connectivity index (χ0n) is 9.08. The zero-order chi connectivity index (χ0) is 10.8. The third kappa shape index (κ3) is 1.95. The van der Waals surface area contributed by atoms with Crippen LogP contribution in [0.1, 0.15) is 16.9 Å². The van der Waals surface area contributed by atoms with Gasteiger partial charge in [0.1, 0.15) is 11.5 Å². The Morgan fingerprint density at radius 1 is 1.07 bits per heavy atom. The molecule has 2 heteroatoms. The molecule has 2 nitrogen and oxygen atoms in total. The molecule has 2 N–H and O–H groups in total. The molecule has 0 saturated heterocycles. The lowest BCUT2D eigenvalue weighted by molar-refractivity contribution is 0.525. The molecule has 0 spiro atoms. The molecule has 0 amide bonds. The van der Waals surface area contributed by atoms with Gasteiger partial charge in [0.15, 0.2) is 0 Å². The second kappa shape index (κ2) is 3.91. The molecule has 0 radical (unpaired) electrons. The van der Waals surface area contributed by atoms with Crippen LogP contribution in [0.2, 0.25) is 0 Å². The maximum atomic E-state index is 5.59. The Morgan fingerprint density at radius 2 is 1.87 bits per heavy atom. The van der Waals surface area contributed by atoms with Crippen LogP contribution < -0.4 is 5.73 Å². The first kappa shape index (κ1) is 9.99. The summed E-state index contributed by atoms with van der Waals surface area (Å²) in [6.45, 7) is 4.66. The predicted molar refractivity (Wildman–Crippen MR) is 61.5 cm³/mol. The van der Waals surface area contributed by atoms with E-state index in [0.717, 1.165) is 17.1 Å². The van der Waals surface area contributed by atoms with Gasteiger partial charge in [0, 0.05) is 5.56 Å². The van der Waals surface area contributed by atoms with Crippen LogP contribution in [0, 0.1) is 13.8 Å². The van der Waals surface area contributed by atoms with E-state index in [1.54, 1.807) is 0 Å². The summed E-state index contributed by atoms with van der Waals surface area (Å²) in [5, 5.41) is 0. The molecule has 0 bridgehead atoms. The van der Waals surface area contributed by atoms with Crippen LogP contribution in [0.3, 0.4) is 0 Å². The van der Waals surface area contributed by atoms with Gasteiger partial charge in [-0.25, -0.2) is 0 Å². The molecule has 0 aliphatic carbocycles. The molecule has 0 saturated carbocycles. The fourth-order valence-electron chi connectivity index (χ4n) is 1.54. The van der Waals surface area contributed by atoms with Crippen molar-refractivity contribution in [3.8, 4) is 11.3 Å².